The molecule has 3 aliphatic rings. The minimum atomic E-state index is -0.298. The Bertz CT molecular complexity index is 620. The minimum Gasteiger partial charge on any atom is -0.462 e. The van der Waals surface area contributed by atoms with Crippen molar-refractivity contribution >= 4 is 5.97 Å². The second kappa shape index (κ2) is 15.4. The molecule has 5 atom stereocenters. The molecule has 0 spiro atoms. The predicted octanol–water partition coefficient (Wildman–Crippen LogP) is 8.49. The molecule has 3 fully saturated rings. The van der Waals surface area contributed by atoms with Gasteiger partial charge in [0.25, 0.3) is 0 Å². The lowest BCUT2D eigenvalue weighted by Crippen LogP contribution is -2.34. The van der Waals surface area contributed by atoms with Crippen molar-refractivity contribution in [3.8, 4) is 0 Å². The van der Waals surface area contributed by atoms with Crippen LogP contribution in [0.3, 0.4) is 0 Å². The Morgan fingerprint density at radius 3 is 2.14 bits per heavy atom. The molecule has 0 aromatic carbocycles. The minimum absolute atomic E-state index is 0.176. The predicted molar refractivity (Wildman–Crippen MR) is 146 cm³/mol. The van der Waals surface area contributed by atoms with Crippen LogP contribution in [0.2, 0.25) is 0 Å². The molecule has 3 aliphatic carbocycles. The fourth-order valence-electron chi connectivity index (χ4n) is 7.88. The van der Waals surface area contributed by atoms with Crippen LogP contribution in [0.25, 0.3) is 0 Å². The third kappa shape index (κ3) is 9.52. The molecule has 3 nitrogen and oxygen atoms in total. The number of aliphatic hydroxyl groups is 1. The third-order valence-corrected chi connectivity index (χ3v) is 10.0. The first-order valence-corrected chi connectivity index (χ1v) is 15.4. The van der Waals surface area contributed by atoms with E-state index in [9.17, 15) is 9.90 Å². The molecule has 3 heteroatoms. The van der Waals surface area contributed by atoms with Crippen molar-refractivity contribution in [1.82, 2.24) is 0 Å². The number of esters is 1. The average molecular weight is 489 g/mol. The Kier molecular flexibility index (Phi) is 12.7. The van der Waals surface area contributed by atoms with Gasteiger partial charge in [-0.3, -0.25) is 0 Å². The number of carbonyl (C=O) groups excluding carboxylic acids is 1. The number of ether oxygens (including phenoxy) is 1. The van der Waals surface area contributed by atoms with Gasteiger partial charge in [0.2, 0.25) is 0 Å². The van der Waals surface area contributed by atoms with Gasteiger partial charge in [0.15, 0.2) is 0 Å². The number of aliphatic hydroxyl groups excluding tert-OH is 1. The van der Waals surface area contributed by atoms with Crippen molar-refractivity contribution < 1.29 is 14.6 Å². The van der Waals surface area contributed by atoms with Gasteiger partial charge in [-0.15, -0.1) is 0 Å². The van der Waals surface area contributed by atoms with Crippen molar-refractivity contribution in [2.24, 2.45) is 41.4 Å². The monoisotopic (exact) mass is 488 g/mol. The Balaban J connectivity index is 1.35. The van der Waals surface area contributed by atoms with E-state index in [1.807, 2.05) is 0 Å². The van der Waals surface area contributed by atoms with Gasteiger partial charge in [0.1, 0.15) is 0 Å². The van der Waals surface area contributed by atoms with Crippen LogP contribution in [0.15, 0.2) is 12.2 Å². The first-order chi connectivity index (χ1) is 17.0. The molecule has 35 heavy (non-hydrogen) atoms. The maximum atomic E-state index is 11.8. The molecule has 0 heterocycles. The molecule has 0 bridgehead atoms. The van der Waals surface area contributed by atoms with Crippen LogP contribution in [-0.2, 0) is 9.53 Å². The van der Waals surface area contributed by atoms with Crippen LogP contribution in [0.5, 0.6) is 0 Å². The smallest absolute Gasteiger partial charge is 0.333 e. The van der Waals surface area contributed by atoms with Gasteiger partial charge in [-0.25, -0.2) is 4.79 Å². The van der Waals surface area contributed by atoms with Crippen LogP contribution >= 0.6 is 0 Å². The maximum absolute atomic E-state index is 11.8. The molecule has 0 amide bonds. The fourth-order valence-corrected chi connectivity index (χ4v) is 7.88. The van der Waals surface area contributed by atoms with Gasteiger partial charge in [-0.2, -0.15) is 0 Å². The van der Waals surface area contributed by atoms with Crippen molar-refractivity contribution in [1.29, 1.82) is 0 Å². The summed E-state index contributed by atoms with van der Waals surface area (Å²) in [6, 6.07) is 0. The van der Waals surface area contributed by atoms with Crippen molar-refractivity contribution in [2.45, 2.75) is 129 Å². The molecule has 3 saturated carbocycles. The van der Waals surface area contributed by atoms with E-state index in [4.69, 9.17) is 4.74 Å². The summed E-state index contributed by atoms with van der Waals surface area (Å²) in [5.74, 6) is 5.74. The Morgan fingerprint density at radius 1 is 0.857 bits per heavy atom. The van der Waals surface area contributed by atoms with Gasteiger partial charge in [-0.1, -0.05) is 71.3 Å². The number of hydrogen-bond acceptors (Lipinski definition) is 3. The van der Waals surface area contributed by atoms with Crippen molar-refractivity contribution in [2.75, 3.05) is 13.2 Å². The fraction of sp³-hybridized carbons (Fsp3) is 0.906. The molecule has 5 unspecified atom stereocenters. The van der Waals surface area contributed by atoms with E-state index < -0.39 is 0 Å². The Labute approximate surface area is 216 Å². The molecular formula is C32H56O3. The summed E-state index contributed by atoms with van der Waals surface area (Å²) >= 11 is 0. The summed E-state index contributed by atoms with van der Waals surface area (Å²) in [6.07, 6.45) is 25.0. The largest absolute Gasteiger partial charge is 0.462 e. The van der Waals surface area contributed by atoms with E-state index in [0.29, 0.717) is 12.2 Å². The highest BCUT2D eigenvalue weighted by atomic mass is 16.5. The summed E-state index contributed by atoms with van der Waals surface area (Å²) < 4.78 is 5.42. The highest BCUT2D eigenvalue weighted by Gasteiger charge is 2.38. The molecule has 0 saturated heterocycles. The zero-order valence-electron chi connectivity index (χ0n) is 23.2. The third-order valence-electron chi connectivity index (χ3n) is 10.0. The Morgan fingerprint density at radius 2 is 1.46 bits per heavy atom. The topological polar surface area (TPSA) is 46.5 Å². The molecule has 1 N–H and O–H groups in total. The summed E-state index contributed by atoms with van der Waals surface area (Å²) in [4.78, 5) is 11.8. The van der Waals surface area contributed by atoms with Gasteiger partial charge >= 0.3 is 5.97 Å². The molecule has 3 rings (SSSR count). The number of fused-ring (bicyclic) bond motifs is 1. The van der Waals surface area contributed by atoms with Crippen molar-refractivity contribution in [3.05, 3.63) is 12.2 Å². The Hall–Kier alpha value is -0.830. The lowest BCUT2D eigenvalue weighted by Gasteiger charge is -2.45. The SMILES string of the molecule is C=C(C)C(=O)OCC(CCO)CC1CCC(C2CCC3CC(CCCCCCC)CCC3C2)CC1. The summed E-state index contributed by atoms with van der Waals surface area (Å²) in [6.45, 7) is 8.28. The van der Waals surface area contributed by atoms with Crippen molar-refractivity contribution in [3.63, 3.8) is 0 Å². The van der Waals surface area contributed by atoms with Crippen LogP contribution in [-0.4, -0.2) is 24.3 Å². The zero-order valence-corrected chi connectivity index (χ0v) is 23.2. The molecule has 202 valence electrons. The lowest BCUT2D eigenvalue weighted by molar-refractivity contribution is -0.140. The first-order valence-electron chi connectivity index (χ1n) is 15.4. The second-order valence-electron chi connectivity index (χ2n) is 12.7. The summed E-state index contributed by atoms with van der Waals surface area (Å²) in [5, 5.41) is 9.48. The summed E-state index contributed by atoms with van der Waals surface area (Å²) in [5.41, 5.74) is 0.457. The van der Waals surface area contributed by atoms with E-state index >= 15 is 0 Å². The van der Waals surface area contributed by atoms with E-state index in [0.717, 1.165) is 48.3 Å². The standard InChI is InChI=1S/C32H56O3/c1-4-5-6-7-8-9-25-12-15-31-22-30(17-16-29(31)21-25)28-13-10-26(11-14-28)20-27(18-19-33)23-35-32(34)24(2)3/h25-31,33H,2,4-23H2,1,3H3. The maximum Gasteiger partial charge on any atom is 0.333 e. The molecule has 0 aromatic heterocycles. The highest BCUT2D eigenvalue weighted by Crippen LogP contribution is 2.50. The highest BCUT2D eigenvalue weighted by molar-refractivity contribution is 5.86. The van der Waals surface area contributed by atoms with E-state index in [-0.39, 0.29) is 18.5 Å². The molecule has 0 aromatic rings. The molecular weight excluding hydrogens is 432 g/mol. The van der Waals surface area contributed by atoms with Crippen LogP contribution < -0.4 is 0 Å². The quantitative estimate of drug-likeness (QED) is 0.151. The number of hydrogen-bond donors (Lipinski definition) is 1. The van der Waals surface area contributed by atoms with E-state index in [1.54, 1.807) is 13.3 Å². The zero-order chi connectivity index (χ0) is 25.0. The first kappa shape index (κ1) is 28.7. The van der Waals surface area contributed by atoms with Gasteiger partial charge in [0, 0.05) is 12.2 Å². The normalized spacial score (nSPS) is 32.0. The van der Waals surface area contributed by atoms with Gasteiger partial charge < -0.3 is 9.84 Å². The van der Waals surface area contributed by atoms with E-state index in [1.165, 1.54) is 96.3 Å². The van der Waals surface area contributed by atoms with Crippen LogP contribution in [0.1, 0.15) is 129 Å². The lowest BCUT2D eigenvalue weighted by atomic mass is 9.60. The summed E-state index contributed by atoms with van der Waals surface area (Å²) in [7, 11) is 0. The second-order valence-corrected chi connectivity index (χ2v) is 12.7. The number of rotatable bonds is 14. The van der Waals surface area contributed by atoms with Gasteiger partial charge in [0.05, 0.1) is 6.61 Å². The number of carbonyl (C=O) groups is 1. The van der Waals surface area contributed by atoms with Gasteiger partial charge in [-0.05, 0) is 106 Å². The molecule has 0 aliphatic heterocycles. The van der Waals surface area contributed by atoms with E-state index in [2.05, 4.69) is 13.5 Å². The van der Waals surface area contributed by atoms with Crippen LogP contribution in [0, 0.1) is 41.4 Å². The average Bonchev–Trinajstić information content (AvgIpc) is 2.87. The number of unbranched alkanes of at least 4 members (excludes halogenated alkanes) is 4. The molecule has 0 radical (unpaired) electrons. The van der Waals surface area contributed by atoms with Crippen LogP contribution in [0.4, 0.5) is 0 Å².